The van der Waals surface area contributed by atoms with E-state index in [4.69, 9.17) is 28.4 Å². The Morgan fingerprint density at radius 1 is 1.03 bits per heavy atom. The van der Waals surface area contributed by atoms with Crippen LogP contribution in [-0.2, 0) is 19.6 Å². The van der Waals surface area contributed by atoms with Gasteiger partial charge in [0.1, 0.15) is 0 Å². The van der Waals surface area contributed by atoms with Crippen LogP contribution in [0.15, 0.2) is 36.9 Å². The van der Waals surface area contributed by atoms with Gasteiger partial charge in [0.25, 0.3) is 0 Å². The Labute approximate surface area is 215 Å². The van der Waals surface area contributed by atoms with Crippen LogP contribution in [0.2, 0.25) is 0 Å². The van der Waals surface area contributed by atoms with Crippen molar-refractivity contribution in [3.8, 4) is 34.5 Å². The van der Waals surface area contributed by atoms with Gasteiger partial charge < -0.3 is 32.6 Å². The maximum absolute atomic E-state index is 13.4. The number of carbonyl (C=O) groups excluding carboxylic acids is 1. The Morgan fingerprint density at radius 2 is 1.68 bits per heavy atom. The molecule has 1 fully saturated rings. The van der Waals surface area contributed by atoms with Gasteiger partial charge in [-0.25, -0.2) is 0 Å². The van der Waals surface area contributed by atoms with E-state index in [1.807, 2.05) is 0 Å². The van der Waals surface area contributed by atoms with Crippen LogP contribution in [0.4, 0.5) is 13.2 Å². The van der Waals surface area contributed by atoms with Gasteiger partial charge in [-0.3, -0.25) is 4.79 Å². The Morgan fingerprint density at radius 3 is 2.24 bits per heavy atom. The van der Waals surface area contributed by atoms with Crippen molar-refractivity contribution in [2.75, 3.05) is 34.7 Å². The average molecular weight is 560 g/mol. The van der Waals surface area contributed by atoms with Crippen molar-refractivity contribution in [3.05, 3.63) is 48.0 Å². The maximum atomic E-state index is 13.4. The Bertz CT molecular complexity index is 1330. The number of esters is 1. The topological polar surface area (TPSA) is 116 Å². The normalized spacial score (nSPS) is 19.5. The molecule has 3 atom stereocenters. The lowest BCUT2D eigenvalue weighted by Gasteiger charge is -2.28. The molecule has 0 bridgehead atoms. The van der Waals surface area contributed by atoms with Crippen LogP contribution in [0.25, 0.3) is 0 Å². The number of carbonyl (C=O) groups is 1. The first-order valence-corrected chi connectivity index (χ1v) is 12.4. The molecule has 2 aliphatic rings. The molecule has 2 heterocycles. The molecule has 2 unspecified atom stereocenters. The van der Waals surface area contributed by atoms with E-state index in [0.29, 0.717) is 5.56 Å². The van der Waals surface area contributed by atoms with E-state index in [9.17, 15) is 26.4 Å². The number of alkyl halides is 3. The van der Waals surface area contributed by atoms with Gasteiger partial charge in [0, 0.05) is 17.4 Å². The lowest BCUT2D eigenvalue weighted by Crippen LogP contribution is -2.30. The van der Waals surface area contributed by atoms with Crippen LogP contribution in [-0.4, -0.2) is 54.6 Å². The fourth-order valence-corrected chi connectivity index (χ4v) is 4.95. The predicted octanol–water partition coefficient (Wildman–Crippen LogP) is 3.78. The Balaban J connectivity index is 2.03. The van der Waals surface area contributed by atoms with E-state index in [0.717, 1.165) is 0 Å². The zero-order chi connectivity index (χ0) is 27.8. The standard InChI is InChI=1S/C24H23F3O10S/c1-5-12-10-34-23(28)19(12)18(13-8-16(31-2)21(33-4)17(9-13)32-3)14-6-7-15-22(36-11-35-15)20(14)37-38(29,30)24(25,26)27/h5-9,12,18-19H,1,10-11H2,2-4H3/t12-,18?,19?/m0/s1. The molecule has 0 amide bonds. The molecule has 4 rings (SSSR count). The Kier molecular flexibility index (Phi) is 7.28. The number of hydrogen-bond donors (Lipinski definition) is 0. The second kappa shape index (κ2) is 10.2. The summed E-state index contributed by atoms with van der Waals surface area (Å²) in [6, 6.07) is 5.65. The van der Waals surface area contributed by atoms with Gasteiger partial charge in [-0.05, 0) is 23.8 Å². The van der Waals surface area contributed by atoms with Crippen molar-refractivity contribution in [2.24, 2.45) is 11.8 Å². The summed E-state index contributed by atoms with van der Waals surface area (Å²) in [5.41, 5.74) is -5.57. The van der Waals surface area contributed by atoms with Crippen molar-refractivity contribution < 1.29 is 59.0 Å². The summed E-state index contributed by atoms with van der Waals surface area (Å²) >= 11 is 0. The van der Waals surface area contributed by atoms with Crippen LogP contribution in [0.1, 0.15) is 17.0 Å². The summed E-state index contributed by atoms with van der Waals surface area (Å²) in [4.78, 5) is 13.0. The van der Waals surface area contributed by atoms with Crippen molar-refractivity contribution >= 4 is 16.1 Å². The minimum atomic E-state index is -6.14. The second-order valence-corrected chi connectivity index (χ2v) is 9.73. The van der Waals surface area contributed by atoms with Gasteiger partial charge in [-0.2, -0.15) is 21.6 Å². The minimum absolute atomic E-state index is 0.0426. The zero-order valence-electron chi connectivity index (χ0n) is 20.4. The molecule has 206 valence electrons. The summed E-state index contributed by atoms with van der Waals surface area (Å²) in [6.45, 7) is 3.30. The number of benzene rings is 2. The summed E-state index contributed by atoms with van der Waals surface area (Å²) in [7, 11) is -2.05. The molecule has 2 aromatic rings. The van der Waals surface area contributed by atoms with E-state index in [1.54, 1.807) is 0 Å². The number of cyclic esters (lactones) is 1. The minimum Gasteiger partial charge on any atom is -0.493 e. The van der Waals surface area contributed by atoms with Crippen molar-refractivity contribution in [3.63, 3.8) is 0 Å². The monoisotopic (exact) mass is 560 g/mol. The fourth-order valence-electron chi connectivity index (χ4n) is 4.46. The third-order valence-electron chi connectivity index (χ3n) is 6.20. The van der Waals surface area contributed by atoms with Crippen LogP contribution in [0.5, 0.6) is 34.5 Å². The molecule has 0 aromatic heterocycles. The highest BCUT2D eigenvalue weighted by Crippen LogP contribution is 2.53. The lowest BCUT2D eigenvalue weighted by molar-refractivity contribution is -0.141. The summed E-state index contributed by atoms with van der Waals surface area (Å²) in [5.74, 6) is -4.08. The van der Waals surface area contributed by atoms with Crippen molar-refractivity contribution in [2.45, 2.75) is 11.4 Å². The smallest absolute Gasteiger partial charge is 0.493 e. The molecule has 38 heavy (non-hydrogen) atoms. The highest BCUT2D eigenvalue weighted by Gasteiger charge is 2.51. The van der Waals surface area contributed by atoms with E-state index < -0.39 is 51.9 Å². The van der Waals surface area contributed by atoms with E-state index in [1.165, 1.54) is 51.7 Å². The molecule has 0 saturated carbocycles. The van der Waals surface area contributed by atoms with Gasteiger partial charge in [0.15, 0.2) is 23.0 Å². The van der Waals surface area contributed by atoms with Crippen molar-refractivity contribution in [1.29, 1.82) is 0 Å². The quantitative estimate of drug-likeness (QED) is 0.194. The molecule has 10 nitrogen and oxygen atoms in total. The number of hydrogen-bond acceptors (Lipinski definition) is 10. The molecule has 0 radical (unpaired) electrons. The third-order valence-corrected chi connectivity index (χ3v) is 7.15. The van der Waals surface area contributed by atoms with Gasteiger partial charge >= 0.3 is 21.6 Å². The van der Waals surface area contributed by atoms with Crippen LogP contribution >= 0.6 is 0 Å². The average Bonchev–Trinajstić information content (AvgIpc) is 3.50. The van der Waals surface area contributed by atoms with E-state index >= 15 is 0 Å². The number of ether oxygens (including phenoxy) is 6. The summed E-state index contributed by atoms with van der Waals surface area (Å²) in [6.07, 6.45) is 1.47. The molecule has 0 spiro atoms. The van der Waals surface area contributed by atoms with Crippen LogP contribution < -0.4 is 27.9 Å². The summed E-state index contributed by atoms with van der Waals surface area (Å²) < 4.78 is 101. The van der Waals surface area contributed by atoms with Gasteiger partial charge in [0.2, 0.25) is 18.3 Å². The van der Waals surface area contributed by atoms with Crippen molar-refractivity contribution in [1.82, 2.24) is 0 Å². The number of methoxy groups -OCH3 is 3. The number of rotatable bonds is 9. The van der Waals surface area contributed by atoms with Gasteiger partial charge in [-0.1, -0.05) is 12.1 Å². The lowest BCUT2D eigenvalue weighted by atomic mass is 9.75. The second-order valence-electron chi connectivity index (χ2n) is 8.19. The molecule has 0 N–H and O–H groups in total. The van der Waals surface area contributed by atoms with E-state index in [-0.39, 0.29) is 40.9 Å². The predicted molar refractivity (Wildman–Crippen MR) is 124 cm³/mol. The van der Waals surface area contributed by atoms with E-state index in [2.05, 4.69) is 10.8 Å². The number of halogens is 3. The zero-order valence-corrected chi connectivity index (χ0v) is 21.2. The molecule has 14 heteroatoms. The maximum Gasteiger partial charge on any atom is 0.534 e. The molecule has 0 aliphatic carbocycles. The van der Waals surface area contributed by atoms with Crippen LogP contribution in [0.3, 0.4) is 0 Å². The SMILES string of the molecule is C=C[C@H]1COC(=O)C1C(c1cc(OC)c(OC)c(OC)c1)c1ccc2c(c1OS(=O)(=O)C(F)(F)F)OCO2. The molecule has 2 aliphatic heterocycles. The third kappa shape index (κ3) is 4.64. The fraction of sp³-hybridized carbons (Fsp3) is 0.375. The molecular formula is C24H23F3O10S. The van der Waals surface area contributed by atoms with Gasteiger partial charge in [0.05, 0.1) is 33.9 Å². The van der Waals surface area contributed by atoms with Crippen LogP contribution in [0, 0.1) is 11.8 Å². The van der Waals surface area contributed by atoms with Gasteiger partial charge in [-0.15, -0.1) is 6.58 Å². The Hall–Kier alpha value is -3.81. The molecule has 1 saturated heterocycles. The first-order valence-electron chi connectivity index (χ1n) is 11.0. The first kappa shape index (κ1) is 27.2. The largest absolute Gasteiger partial charge is 0.534 e. The first-order chi connectivity index (χ1) is 18.0. The molecule has 2 aromatic carbocycles. The molecular weight excluding hydrogens is 537 g/mol. The highest BCUT2D eigenvalue weighted by atomic mass is 32.2. The number of fused-ring (bicyclic) bond motifs is 1. The highest BCUT2D eigenvalue weighted by molar-refractivity contribution is 7.88. The summed E-state index contributed by atoms with van der Waals surface area (Å²) in [5, 5.41) is 0.